The summed E-state index contributed by atoms with van der Waals surface area (Å²) in [6.07, 6.45) is 13.0. The van der Waals surface area contributed by atoms with Gasteiger partial charge in [0, 0.05) is 21.7 Å². The van der Waals surface area contributed by atoms with E-state index in [9.17, 15) is 4.79 Å². The minimum absolute atomic E-state index is 0.0947. The standard InChI is InChI=1S/C28H30BINO/c1-4-5-9-25(29-3)13-17-27-16-12-24(20-32)28(23-8-6-7-21(2)18-23)31(27)26-14-10-22(19-30)11-15-26/h4-15,18,20,27-28H,1,16-17,19H2,2-3H3/b9-5-,25-13+. The summed E-state index contributed by atoms with van der Waals surface area (Å²) in [4.78, 5) is 14.6. The lowest BCUT2D eigenvalue weighted by Gasteiger charge is -2.43. The topological polar surface area (TPSA) is 20.3 Å². The fourth-order valence-electron chi connectivity index (χ4n) is 4.23. The minimum Gasteiger partial charge on any atom is -0.357 e. The summed E-state index contributed by atoms with van der Waals surface area (Å²) in [5, 5.41) is 0. The van der Waals surface area contributed by atoms with Gasteiger partial charge in [-0.1, -0.05) is 114 Å². The molecule has 32 heavy (non-hydrogen) atoms. The van der Waals surface area contributed by atoms with Gasteiger partial charge >= 0.3 is 0 Å². The number of aryl methyl sites for hydroxylation is 1. The number of nitrogens with zero attached hydrogens (tertiary/aromatic N) is 1. The van der Waals surface area contributed by atoms with Gasteiger partial charge in [0.15, 0.2) is 0 Å². The molecule has 1 aliphatic rings. The molecule has 0 N–H and O–H groups in total. The zero-order valence-corrected chi connectivity index (χ0v) is 21.0. The zero-order chi connectivity index (χ0) is 22.9. The second kappa shape index (κ2) is 12.1. The molecule has 2 atom stereocenters. The van der Waals surface area contributed by atoms with Crippen LogP contribution >= 0.6 is 22.6 Å². The zero-order valence-electron chi connectivity index (χ0n) is 18.9. The van der Waals surface area contributed by atoms with Crippen LogP contribution in [-0.2, 0) is 9.22 Å². The number of carbonyl (C=O) groups excluding carboxylic acids is 1. The van der Waals surface area contributed by atoms with Crippen LogP contribution in [0.2, 0.25) is 6.82 Å². The first-order valence-corrected chi connectivity index (χ1v) is 12.6. The van der Waals surface area contributed by atoms with Gasteiger partial charge < -0.3 is 4.90 Å². The number of anilines is 1. The van der Waals surface area contributed by atoms with Crippen LogP contribution in [-0.4, -0.2) is 19.6 Å². The molecule has 0 aliphatic carbocycles. The number of aldehydes is 1. The molecule has 1 radical (unpaired) electrons. The van der Waals surface area contributed by atoms with Crippen molar-refractivity contribution in [1.29, 1.82) is 0 Å². The van der Waals surface area contributed by atoms with Gasteiger partial charge in [-0.3, -0.25) is 4.79 Å². The van der Waals surface area contributed by atoms with Crippen molar-refractivity contribution in [3.8, 4) is 0 Å². The highest BCUT2D eigenvalue weighted by Gasteiger charge is 2.33. The normalized spacial score (nSPS) is 19.0. The van der Waals surface area contributed by atoms with Gasteiger partial charge in [-0.25, -0.2) is 0 Å². The Kier molecular flexibility index (Phi) is 9.16. The molecule has 0 amide bonds. The predicted molar refractivity (Wildman–Crippen MR) is 147 cm³/mol. The van der Waals surface area contributed by atoms with Crippen molar-refractivity contribution in [3.05, 3.63) is 113 Å². The number of hydrogen-bond donors (Lipinski definition) is 0. The van der Waals surface area contributed by atoms with E-state index in [0.29, 0.717) is 0 Å². The van der Waals surface area contributed by atoms with E-state index in [1.165, 1.54) is 16.6 Å². The molecule has 2 nitrogen and oxygen atoms in total. The maximum atomic E-state index is 12.1. The van der Waals surface area contributed by atoms with E-state index in [-0.39, 0.29) is 12.1 Å². The molecule has 163 valence electrons. The molecule has 2 aromatic rings. The van der Waals surface area contributed by atoms with Crippen molar-refractivity contribution >= 4 is 41.8 Å². The summed E-state index contributed by atoms with van der Waals surface area (Å²) in [6.45, 7) is 7.93. The fourth-order valence-corrected chi connectivity index (χ4v) is 4.74. The molecule has 2 unspecified atom stereocenters. The SMILES string of the molecule is C=C/C=C\C([B]C)=C/CC1CC=C(C=O)C(c2cccc(C)c2)N1c1ccc(CI)cc1. The predicted octanol–water partition coefficient (Wildman–Crippen LogP) is 7.14. The molecule has 0 spiro atoms. The highest BCUT2D eigenvalue weighted by atomic mass is 127. The van der Waals surface area contributed by atoms with Crippen LogP contribution in [0.3, 0.4) is 0 Å². The molecule has 2 aromatic carbocycles. The first-order chi connectivity index (χ1) is 15.6. The van der Waals surface area contributed by atoms with Crippen molar-refractivity contribution in [2.75, 3.05) is 4.90 Å². The third-order valence-electron chi connectivity index (χ3n) is 5.88. The Balaban J connectivity index is 2.07. The maximum absolute atomic E-state index is 12.1. The molecule has 4 heteroatoms. The summed E-state index contributed by atoms with van der Waals surface area (Å²) < 4.78 is 0.982. The molecule has 0 saturated carbocycles. The average Bonchev–Trinajstić information content (AvgIpc) is 2.83. The number of hydrogen-bond acceptors (Lipinski definition) is 2. The summed E-state index contributed by atoms with van der Waals surface area (Å²) in [5.41, 5.74) is 6.83. The summed E-state index contributed by atoms with van der Waals surface area (Å²) >= 11 is 2.39. The van der Waals surface area contributed by atoms with Gasteiger partial charge in [0.05, 0.1) is 6.04 Å². The lowest BCUT2D eigenvalue weighted by atomic mass is 9.71. The van der Waals surface area contributed by atoms with Gasteiger partial charge in [-0.05, 0) is 43.0 Å². The average molecular weight is 534 g/mol. The van der Waals surface area contributed by atoms with E-state index in [2.05, 4.69) is 122 Å². The van der Waals surface area contributed by atoms with Crippen LogP contribution < -0.4 is 4.90 Å². The molecule has 1 heterocycles. The molecular weight excluding hydrogens is 504 g/mol. The molecule has 0 saturated heterocycles. The first kappa shape index (κ1) is 24.3. The second-order valence-electron chi connectivity index (χ2n) is 8.06. The van der Waals surface area contributed by atoms with Crippen molar-refractivity contribution in [3.63, 3.8) is 0 Å². The molecule has 3 rings (SSSR count). The van der Waals surface area contributed by atoms with E-state index >= 15 is 0 Å². The molecule has 0 bridgehead atoms. The first-order valence-electron chi connectivity index (χ1n) is 11.0. The van der Waals surface area contributed by atoms with E-state index in [1.807, 2.05) is 6.08 Å². The lowest BCUT2D eigenvalue weighted by Crippen LogP contribution is -2.42. The smallest absolute Gasteiger partial charge is 0.148 e. The minimum atomic E-state index is -0.0947. The Morgan fingerprint density at radius 1 is 1.25 bits per heavy atom. The third-order valence-corrected chi connectivity index (χ3v) is 6.76. The number of benzene rings is 2. The number of allylic oxidation sites excluding steroid dienone is 4. The van der Waals surface area contributed by atoms with Crippen LogP contribution in [0.25, 0.3) is 0 Å². The lowest BCUT2D eigenvalue weighted by molar-refractivity contribution is -0.105. The second-order valence-corrected chi connectivity index (χ2v) is 8.82. The fraction of sp³-hybridized carbons (Fsp3) is 0.250. The van der Waals surface area contributed by atoms with E-state index in [0.717, 1.165) is 40.4 Å². The van der Waals surface area contributed by atoms with Crippen molar-refractivity contribution in [1.82, 2.24) is 0 Å². The monoisotopic (exact) mass is 534 g/mol. The number of carbonyl (C=O) groups is 1. The molecular formula is C28H30BINO. The molecule has 0 fully saturated rings. The van der Waals surface area contributed by atoms with Crippen LogP contribution in [0, 0.1) is 6.92 Å². The molecule has 1 aliphatic heterocycles. The number of alkyl halides is 1. The Morgan fingerprint density at radius 3 is 2.66 bits per heavy atom. The largest absolute Gasteiger partial charge is 0.357 e. The van der Waals surface area contributed by atoms with Crippen molar-refractivity contribution < 1.29 is 4.79 Å². The maximum Gasteiger partial charge on any atom is 0.148 e. The Bertz CT molecular complexity index is 1020. The van der Waals surface area contributed by atoms with Crippen LogP contribution in [0.5, 0.6) is 0 Å². The third kappa shape index (κ3) is 5.92. The van der Waals surface area contributed by atoms with Gasteiger partial charge in [-0.15, -0.1) is 0 Å². The number of halogens is 1. The Labute approximate surface area is 207 Å². The van der Waals surface area contributed by atoms with Gasteiger partial charge in [0.1, 0.15) is 13.6 Å². The summed E-state index contributed by atoms with van der Waals surface area (Å²) in [6, 6.07) is 17.5. The van der Waals surface area contributed by atoms with Gasteiger partial charge in [0.25, 0.3) is 0 Å². The van der Waals surface area contributed by atoms with Gasteiger partial charge in [-0.2, -0.15) is 0 Å². The van der Waals surface area contributed by atoms with Crippen molar-refractivity contribution in [2.24, 2.45) is 0 Å². The van der Waals surface area contributed by atoms with Crippen LogP contribution in [0.1, 0.15) is 35.6 Å². The van der Waals surface area contributed by atoms with Crippen LogP contribution in [0.4, 0.5) is 5.69 Å². The van der Waals surface area contributed by atoms with Crippen molar-refractivity contribution in [2.45, 2.75) is 43.1 Å². The number of rotatable bonds is 9. The van der Waals surface area contributed by atoms with E-state index < -0.39 is 0 Å². The molecule has 0 aromatic heterocycles. The van der Waals surface area contributed by atoms with E-state index in [1.54, 1.807) is 6.08 Å². The van der Waals surface area contributed by atoms with E-state index in [4.69, 9.17) is 0 Å². The quantitative estimate of drug-likeness (QED) is 0.112. The Morgan fingerprint density at radius 2 is 2.03 bits per heavy atom. The summed E-state index contributed by atoms with van der Waals surface area (Å²) in [5.74, 6) is 0. The Hall–Kier alpha value is -2.34. The highest BCUT2D eigenvalue weighted by molar-refractivity contribution is 14.1. The summed E-state index contributed by atoms with van der Waals surface area (Å²) in [7, 11) is 2.12. The van der Waals surface area contributed by atoms with Crippen LogP contribution in [0.15, 0.2) is 96.5 Å². The highest BCUT2D eigenvalue weighted by Crippen LogP contribution is 2.40. The van der Waals surface area contributed by atoms with Gasteiger partial charge in [0.2, 0.25) is 0 Å².